The van der Waals surface area contributed by atoms with E-state index in [1.165, 1.54) is 0 Å². The molecule has 0 amide bonds. The van der Waals surface area contributed by atoms with Crippen LogP contribution in [0.25, 0.3) is 0 Å². The van der Waals surface area contributed by atoms with Gasteiger partial charge in [0.1, 0.15) is 5.82 Å². The second-order valence-corrected chi connectivity index (χ2v) is 6.51. The van der Waals surface area contributed by atoms with Crippen LogP contribution in [-0.2, 0) is 6.54 Å². The summed E-state index contributed by atoms with van der Waals surface area (Å²) in [5, 5.41) is 0. The minimum Gasteiger partial charge on any atom is -0.493 e. The third kappa shape index (κ3) is 3.83. The first-order valence-electron chi connectivity index (χ1n) is 8.63. The van der Waals surface area contributed by atoms with E-state index >= 15 is 0 Å². The highest BCUT2D eigenvalue weighted by Gasteiger charge is 2.26. The van der Waals surface area contributed by atoms with Crippen molar-refractivity contribution in [1.82, 2.24) is 14.9 Å². The van der Waals surface area contributed by atoms with Crippen LogP contribution in [0.1, 0.15) is 29.4 Å². The number of likely N-dealkylation sites (tertiary alicyclic amines) is 1. The van der Waals surface area contributed by atoms with E-state index in [9.17, 15) is 4.79 Å². The van der Waals surface area contributed by atoms with Gasteiger partial charge in [-0.3, -0.25) is 9.69 Å². The van der Waals surface area contributed by atoms with E-state index in [0.29, 0.717) is 23.1 Å². The van der Waals surface area contributed by atoms with Crippen molar-refractivity contribution >= 4 is 0 Å². The zero-order valence-electron chi connectivity index (χ0n) is 15.7. The third-order valence-electron chi connectivity index (χ3n) is 4.70. The van der Waals surface area contributed by atoms with Gasteiger partial charge in [0, 0.05) is 25.1 Å². The predicted octanol–water partition coefficient (Wildman–Crippen LogP) is 2.09. The van der Waals surface area contributed by atoms with Crippen LogP contribution in [-0.4, -0.2) is 49.3 Å². The molecule has 26 heavy (non-hydrogen) atoms. The number of nitrogens with zero attached hydrogens (tertiary/aromatic N) is 2. The summed E-state index contributed by atoms with van der Waals surface area (Å²) in [6.45, 7) is 4.41. The van der Waals surface area contributed by atoms with Crippen molar-refractivity contribution < 1.29 is 14.2 Å². The molecule has 0 bridgehead atoms. The second kappa shape index (κ2) is 7.78. The monoisotopic (exact) mass is 359 g/mol. The van der Waals surface area contributed by atoms with E-state index in [1.807, 2.05) is 19.1 Å². The van der Waals surface area contributed by atoms with Crippen molar-refractivity contribution in [1.29, 1.82) is 0 Å². The first-order chi connectivity index (χ1) is 12.5. The van der Waals surface area contributed by atoms with Crippen LogP contribution in [0.3, 0.4) is 0 Å². The molecule has 0 aliphatic carbocycles. The van der Waals surface area contributed by atoms with Crippen molar-refractivity contribution in [3.8, 4) is 17.2 Å². The SMILES string of the molecule is COc1cc(CN2CC[C@@H](c3cc(=O)[nH]c(C)n3)C2)cc(OC)c1OC. The van der Waals surface area contributed by atoms with E-state index < -0.39 is 0 Å². The molecule has 1 fully saturated rings. The number of benzene rings is 1. The van der Waals surface area contributed by atoms with Gasteiger partial charge >= 0.3 is 0 Å². The number of hydrogen-bond acceptors (Lipinski definition) is 6. The first kappa shape index (κ1) is 18.3. The minimum absolute atomic E-state index is 0.0874. The highest BCUT2D eigenvalue weighted by molar-refractivity contribution is 5.53. The fraction of sp³-hybridized carbons (Fsp3) is 0.474. The summed E-state index contributed by atoms with van der Waals surface area (Å²) in [5.41, 5.74) is 1.88. The highest BCUT2D eigenvalue weighted by atomic mass is 16.5. The van der Waals surface area contributed by atoms with E-state index in [1.54, 1.807) is 27.4 Å². The van der Waals surface area contributed by atoms with Crippen LogP contribution < -0.4 is 19.8 Å². The lowest BCUT2D eigenvalue weighted by Gasteiger charge is -2.19. The van der Waals surface area contributed by atoms with Gasteiger partial charge in [0.2, 0.25) is 5.75 Å². The van der Waals surface area contributed by atoms with E-state index in [-0.39, 0.29) is 11.5 Å². The molecule has 1 aliphatic rings. The zero-order valence-corrected chi connectivity index (χ0v) is 15.7. The standard InChI is InChI=1S/C19H25N3O4/c1-12-20-15(9-18(23)21-12)14-5-6-22(11-14)10-13-7-16(24-2)19(26-4)17(8-13)25-3/h7-9,14H,5-6,10-11H2,1-4H3,(H,20,21,23)/t14-/m1/s1. The number of aryl methyl sites for hydroxylation is 1. The molecule has 2 heterocycles. The summed E-state index contributed by atoms with van der Waals surface area (Å²) < 4.78 is 16.2. The van der Waals surface area contributed by atoms with Gasteiger partial charge in [-0.15, -0.1) is 0 Å². The molecule has 0 saturated carbocycles. The Bertz CT molecular complexity index is 809. The molecule has 1 aliphatic heterocycles. The Morgan fingerprint density at radius 3 is 2.42 bits per heavy atom. The fourth-order valence-electron chi connectivity index (χ4n) is 3.51. The second-order valence-electron chi connectivity index (χ2n) is 6.51. The average Bonchev–Trinajstić information content (AvgIpc) is 3.08. The Hall–Kier alpha value is -2.54. The van der Waals surface area contributed by atoms with E-state index in [4.69, 9.17) is 14.2 Å². The Balaban J connectivity index is 1.75. The summed E-state index contributed by atoms with van der Waals surface area (Å²) in [6, 6.07) is 5.56. The van der Waals surface area contributed by atoms with Crippen LogP contribution in [0.5, 0.6) is 17.2 Å². The lowest BCUT2D eigenvalue weighted by atomic mass is 10.0. The van der Waals surface area contributed by atoms with Gasteiger partial charge in [-0.2, -0.15) is 0 Å². The molecule has 7 nitrogen and oxygen atoms in total. The van der Waals surface area contributed by atoms with Gasteiger partial charge in [-0.25, -0.2) is 4.98 Å². The molecule has 1 aromatic heterocycles. The van der Waals surface area contributed by atoms with Crippen molar-refractivity contribution in [2.24, 2.45) is 0 Å². The Morgan fingerprint density at radius 2 is 1.85 bits per heavy atom. The zero-order chi connectivity index (χ0) is 18.7. The van der Waals surface area contributed by atoms with Gasteiger partial charge in [0.25, 0.3) is 5.56 Å². The van der Waals surface area contributed by atoms with Crippen LogP contribution in [0.4, 0.5) is 0 Å². The number of rotatable bonds is 6. The van der Waals surface area contributed by atoms with E-state index in [2.05, 4.69) is 14.9 Å². The molecule has 1 saturated heterocycles. The molecule has 0 unspecified atom stereocenters. The maximum absolute atomic E-state index is 11.7. The number of H-pyrrole nitrogens is 1. The molecule has 1 N–H and O–H groups in total. The first-order valence-corrected chi connectivity index (χ1v) is 8.63. The van der Waals surface area contributed by atoms with Crippen molar-refractivity contribution in [3.05, 3.63) is 45.6 Å². The molecule has 0 radical (unpaired) electrons. The maximum atomic E-state index is 11.7. The van der Waals surface area contributed by atoms with E-state index in [0.717, 1.165) is 37.3 Å². The summed E-state index contributed by atoms with van der Waals surface area (Å²) in [7, 11) is 4.84. The molecule has 1 atom stereocenters. The minimum atomic E-state index is -0.0874. The lowest BCUT2D eigenvalue weighted by Crippen LogP contribution is -2.21. The van der Waals surface area contributed by atoms with Crippen LogP contribution >= 0.6 is 0 Å². The summed E-state index contributed by atoms with van der Waals surface area (Å²) >= 11 is 0. The largest absolute Gasteiger partial charge is 0.493 e. The highest BCUT2D eigenvalue weighted by Crippen LogP contribution is 2.39. The number of ether oxygens (including phenoxy) is 3. The Kier molecular flexibility index (Phi) is 5.46. The van der Waals surface area contributed by atoms with Gasteiger partial charge < -0.3 is 19.2 Å². The summed E-state index contributed by atoms with van der Waals surface area (Å²) in [5.74, 6) is 2.85. The van der Waals surface area contributed by atoms with Gasteiger partial charge in [-0.05, 0) is 37.6 Å². The van der Waals surface area contributed by atoms with Crippen LogP contribution in [0.15, 0.2) is 23.0 Å². The number of hydrogen-bond donors (Lipinski definition) is 1. The maximum Gasteiger partial charge on any atom is 0.251 e. The average molecular weight is 359 g/mol. The van der Waals surface area contributed by atoms with Crippen LogP contribution in [0.2, 0.25) is 0 Å². The normalized spacial score (nSPS) is 17.3. The lowest BCUT2D eigenvalue weighted by molar-refractivity contribution is 0.312. The topological polar surface area (TPSA) is 76.7 Å². The van der Waals surface area contributed by atoms with Crippen LogP contribution in [0, 0.1) is 6.92 Å². The Morgan fingerprint density at radius 1 is 1.15 bits per heavy atom. The summed E-state index contributed by atoms with van der Waals surface area (Å²) in [6.07, 6.45) is 0.986. The number of methoxy groups -OCH3 is 3. The summed E-state index contributed by atoms with van der Waals surface area (Å²) in [4.78, 5) is 21.2. The predicted molar refractivity (Wildman–Crippen MR) is 98.3 cm³/mol. The van der Waals surface area contributed by atoms with Crippen molar-refractivity contribution in [2.75, 3.05) is 34.4 Å². The molecular weight excluding hydrogens is 334 g/mol. The number of nitrogens with one attached hydrogen (secondary N) is 1. The van der Waals surface area contributed by atoms with Gasteiger partial charge in [-0.1, -0.05) is 0 Å². The molecule has 2 aromatic rings. The van der Waals surface area contributed by atoms with Gasteiger partial charge in [0.05, 0.1) is 27.0 Å². The molecule has 1 aromatic carbocycles. The fourth-order valence-corrected chi connectivity index (χ4v) is 3.51. The van der Waals surface area contributed by atoms with Crippen molar-refractivity contribution in [2.45, 2.75) is 25.8 Å². The molecule has 3 rings (SSSR count). The number of aromatic amines is 1. The molecular formula is C19H25N3O4. The Labute approximate surface area is 152 Å². The molecule has 0 spiro atoms. The third-order valence-corrected chi connectivity index (χ3v) is 4.70. The van der Waals surface area contributed by atoms with Crippen molar-refractivity contribution in [3.63, 3.8) is 0 Å². The smallest absolute Gasteiger partial charge is 0.251 e. The quantitative estimate of drug-likeness (QED) is 0.851. The molecule has 7 heteroatoms. The van der Waals surface area contributed by atoms with Gasteiger partial charge in [0.15, 0.2) is 11.5 Å². The molecule has 140 valence electrons. The number of aromatic nitrogens is 2.